The number of benzene rings is 1. The maximum absolute atomic E-state index is 11.1. The molecule has 0 amide bonds. The predicted octanol–water partition coefficient (Wildman–Crippen LogP) is 2.41. The van der Waals surface area contributed by atoms with E-state index >= 15 is 0 Å². The Morgan fingerprint density at radius 3 is 2.75 bits per heavy atom. The molecule has 0 saturated carbocycles. The molecule has 0 aliphatic carbocycles. The van der Waals surface area contributed by atoms with Crippen LogP contribution in [0.25, 0.3) is 0 Å². The molecule has 0 saturated heterocycles. The first-order chi connectivity index (χ1) is 9.40. The minimum absolute atomic E-state index is 0.0890. The minimum atomic E-state index is -0.543. The first-order valence-corrected chi connectivity index (χ1v) is 5.92. The summed E-state index contributed by atoms with van der Waals surface area (Å²) in [5, 5.41) is 18.5. The molecule has 2 aromatic rings. The third-order valence-electron chi connectivity index (χ3n) is 2.63. The van der Waals surface area contributed by atoms with Gasteiger partial charge in [-0.2, -0.15) is 0 Å². The summed E-state index contributed by atoms with van der Waals surface area (Å²) in [6, 6.07) is 1.40. The van der Waals surface area contributed by atoms with Crippen molar-refractivity contribution < 1.29 is 14.1 Å². The lowest BCUT2D eigenvalue weighted by Gasteiger charge is -2.09. The average molecular weight is 299 g/mol. The summed E-state index contributed by atoms with van der Waals surface area (Å²) in [5.74, 6) is 0.216. The Bertz CT molecular complexity index is 671. The molecule has 20 heavy (non-hydrogen) atoms. The molecule has 2 N–H and O–H groups in total. The predicted molar refractivity (Wildman–Crippen MR) is 70.6 cm³/mol. The quantitative estimate of drug-likeness (QED) is 0.680. The summed E-state index contributed by atoms with van der Waals surface area (Å²) in [5.41, 5.74) is 6.11. The minimum Gasteiger partial charge on any atom is -0.477 e. The van der Waals surface area contributed by atoms with E-state index in [0.717, 1.165) is 0 Å². The van der Waals surface area contributed by atoms with Gasteiger partial charge in [-0.1, -0.05) is 16.7 Å². The summed E-state index contributed by atoms with van der Waals surface area (Å²) in [6.07, 6.45) is 0. The van der Waals surface area contributed by atoms with E-state index in [9.17, 15) is 10.1 Å². The zero-order valence-corrected chi connectivity index (χ0v) is 11.5. The Hall–Kier alpha value is -2.35. The zero-order valence-electron chi connectivity index (χ0n) is 10.7. The zero-order chi connectivity index (χ0) is 14.9. The van der Waals surface area contributed by atoms with E-state index in [2.05, 4.69) is 10.2 Å². The fourth-order valence-electron chi connectivity index (χ4n) is 1.71. The van der Waals surface area contributed by atoms with Crippen molar-refractivity contribution in [1.82, 2.24) is 10.2 Å². The second-order valence-corrected chi connectivity index (χ2v) is 4.44. The lowest BCUT2D eigenvalue weighted by molar-refractivity contribution is -0.386. The molecule has 0 aliphatic heterocycles. The van der Waals surface area contributed by atoms with Crippen molar-refractivity contribution in [2.45, 2.75) is 20.5 Å². The van der Waals surface area contributed by atoms with Crippen LogP contribution < -0.4 is 10.5 Å². The van der Waals surface area contributed by atoms with E-state index in [1.807, 2.05) is 0 Å². The van der Waals surface area contributed by atoms with Gasteiger partial charge in [-0.25, -0.2) is 0 Å². The Morgan fingerprint density at radius 1 is 1.50 bits per heavy atom. The van der Waals surface area contributed by atoms with Crippen molar-refractivity contribution in [3.63, 3.8) is 0 Å². The van der Waals surface area contributed by atoms with Gasteiger partial charge < -0.3 is 14.9 Å². The third kappa shape index (κ3) is 2.64. The van der Waals surface area contributed by atoms with Gasteiger partial charge in [-0.15, -0.1) is 5.10 Å². The van der Waals surface area contributed by atoms with Gasteiger partial charge in [0, 0.05) is 5.56 Å². The molecule has 0 aliphatic rings. The number of aryl methyl sites for hydroxylation is 1. The van der Waals surface area contributed by atoms with Crippen LogP contribution in [0.1, 0.15) is 17.0 Å². The number of rotatable bonds is 4. The molecule has 0 radical (unpaired) electrons. The van der Waals surface area contributed by atoms with Gasteiger partial charge in [0.15, 0.2) is 12.4 Å². The smallest absolute Gasteiger partial charge is 0.315 e. The first-order valence-electron chi connectivity index (χ1n) is 5.55. The number of ether oxygens (including phenoxy) is 1. The molecule has 9 heteroatoms. The second-order valence-electron chi connectivity index (χ2n) is 4.06. The molecular formula is C11H11ClN4O4. The molecule has 1 heterocycles. The van der Waals surface area contributed by atoms with Crippen LogP contribution >= 0.6 is 11.6 Å². The van der Waals surface area contributed by atoms with Crippen molar-refractivity contribution in [1.29, 1.82) is 0 Å². The van der Waals surface area contributed by atoms with E-state index in [1.165, 1.54) is 6.07 Å². The van der Waals surface area contributed by atoms with Crippen molar-refractivity contribution in [2.75, 3.05) is 5.73 Å². The van der Waals surface area contributed by atoms with Gasteiger partial charge >= 0.3 is 11.7 Å². The Balaban J connectivity index is 2.33. The van der Waals surface area contributed by atoms with Crippen LogP contribution in [0.5, 0.6) is 5.75 Å². The van der Waals surface area contributed by atoms with Gasteiger partial charge in [0.05, 0.1) is 9.95 Å². The summed E-state index contributed by atoms with van der Waals surface area (Å²) in [4.78, 5) is 10.6. The van der Waals surface area contributed by atoms with Crippen LogP contribution in [0.3, 0.4) is 0 Å². The Morgan fingerprint density at radius 2 is 2.20 bits per heavy atom. The van der Waals surface area contributed by atoms with Crippen molar-refractivity contribution in [2.24, 2.45) is 0 Å². The number of nitrogens with two attached hydrogens (primary N) is 1. The van der Waals surface area contributed by atoms with Crippen molar-refractivity contribution in [3.05, 3.63) is 38.2 Å². The molecule has 0 unspecified atom stereocenters. The van der Waals surface area contributed by atoms with Gasteiger partial charge in [0.2, 0.25) is 0 Å². The Kier molecular flexibility index (Phi) is 3.75. The normalized spacial score (nSPS) is 10.6. The molecule has 0 atom stereocenters. The number of nitrogens with zero attached hydrogens (tertiary/aromatic N) is 3. The maximum Gasteiger partial charge on any atom is 0.315 e. The third-order valence-corrected chi connectivity index (χ3v) is 3.21. The number of hydrogen-bond donors (Lipinski definition) is 1. The number of nitro groups is 1. The number of aromatic nitrogens is 2. The van der Waals surface area contributed by atoms with Crippen LogP contribution in [0, 0.1) is 24.0 Å². The summed E-state index contributed by atoms with van der Waals surface area (Å²) in [6.45, 7) is 3.17. The number of hydrogen-bond acceptors (Lipinski definition) is 7. The topological polar surface area (TPSA) is 117 Å². The number of anilines is 1. The number of nitro benzene ring substituents is 1. The molecular weight excluding hydrogens is 288 g/mol. The lowest BCUT2D eigenvalue weighted by Crippen LogP contribution is -2.02. The van der Waals surface area contributed by atoms with Gasteiger partial charge in [0.1, 0.15) is 0 Å². The number of halogens is 1. The van der Waals surface area contributed by atoms with Crippen LogP contribution in [-0.2, 0) is 6.61 Å². The molecule has 2 rings (SSSR count). The summed E-state index contributed by atoms with van der Waals surface area (Å²) < 4.78 is 10.3. The van der Waals surface area contributed by atoms with E-state index in [-0.39, 0.29) is 29.9 Å². The average Bonchev–Trinajstić information content (AvgIpc) is 2.78. The largest absolute Gasteiger partial charge is 0.477 e. The molecule has 0 spiro atoms. The monoisotopic (exact) mass is 298 g/mol. The van der Waals surface area contributed by atoms with Crippen LogP contribution in [0.2, 0.25) is 5.02 Å². The van der Waals surface area contributed by atoms with Gasteiger partial charge in [-0.3, -0.25) is 10.1 Å². The SMILES string of the molecule is Cc1cc(OCc2nnc(N)o2)c([N+](=O)[O-])c(C)c1Cl. The highest BCUT2D eigenvalue weighted by molar-refractivity contribution is 6.32. The highest BCUT2D eigenvalue weighted by Crippen LogP contribution is 2.37. The fraction of sp³-hybridized carbons (Fsp3) is 0.273. The van der Waals surface area contributed by atoms with Gasteiger partial charge in [-0.05, 0) is 25.5 Å². The van der Waals surface area contributed by atoms with E-state index < -0.39 is 4.92 Å². The molecule has 106 valence electrons. The molecule has 8 nitrogen and oxygen atoms in total. The van der Waals surface area contributed by atoms with Crippen molar-refractivity contribution in [3.8, 4) is 5.75 Å². The van der Waals surface area contributed by atoms with Crippen LogP contribution in [0.15, 0.2) is 10.5 Å². The first kappa shape index (κ1) is 14.1. The standard InChI is InChI=1S/C11H11ClN4O4/c1-5-3-7(10(16(17)18)6(2)9(5)12)19-4-8-14-15-11(13)20-8/h3H,4H2,1-2H3,(H2,13,15). The van der Waals surface area contributed by atoms with Crippen molar-refractivity contribution >= 4 is 23.3 Å². The molecule has 1 aromatic heterocycles. The summed E-state index contributed by atoms with van der Waals surface area (Å²) in [7, 11) is 0. The van der Waals surface area contributed by atoms with E-state index in [1.54, 1.807) is 13.8 Å². The Labute approximate surface area is 118 Å². The van der Waals surface area contributed by atoms with E-state index in [4.69, 9.17) is 26.5 Å². The lowest BCUT2D eigenvalue weighted by atomic mass is 10.1. The second kappa shape index (κ2) is 5.33. The molecule has 1 aromatic carbocycles. The highest BCUT2D eigenvalue weighted by Gasteiger charge is 2.23. The molecule has 0 fully saturated rings. The van der Waals surface area contributed by atoms with E-state index in [0.29, 0.717) is 16.1 Å². The van der Waals surface area contributed by atoms with Crippen LogP contribution in [-0.4, -0.2) is 15.1 Å². The molecule has 0 bridgehead atoms. The highest BCUT2D eigenvalue weighted by atomic mass is 35.5. The maximum atomic E-state index is 11.1. The number of nitrogen functional groups attached to an aromatic ring is 1. The summed E-state index contributed by atoms with van der Waals surface area (Å²) >= 11 is 6.00. The van der Waals surface area contributed by atoms with Crippen LogP contribution in [0.4, 0.5) is 11.7 Å². The fourth-order valence-corrected chi connectivity index (χ4v) is 1.86. The van der Waals surface area contributed by atoms with Gasteiger partial charge in [0.25, 0.3) is 5.89 Å².